The van der Waals surface area contributed by atoms with Gasteiger partial charge in [0.05, 0.1) is 38.9 Å². The first-order valence-corrected chi connectivity index (χ1v) is 13.3. The Bertz CT molecular complexity index is 1800. The van der Waals surface area contributed by atoms with E-state index in [0.29, 0.717) is 24.7 Å². The molecule has 2 heterocycles. The number of pyridine rings is 1. The van der Waals surface area contributed by atoms with Crippen molar-refractivity contribution in [3.8, 4) is 52.0 Å². The van der Waals surface area contributed by atoms with Gasteiger partial charge in [-0.2, -0.15) is 13.8 Å². The molecule has 0 saturated carbocycles. The Labute approximate surface area is 260 Å². The Balaban J connectivity index is 1.61. The van der Waals surface area contributed by atoms with Crippen molar-refractivity contribution in [3.05, 3.63) is 83.5 Å². The van der Waals surface area contributed by atoms with Crippen molar-refractivity contribution in [1.29, 1.82) is 0 Å². The van der Waals surface area contributed by atoms with Crippen LogP contribution in [-0.4, -0.2) is 49.3 Å². The molecular formula is C30H26F2N6O8. The monoisotopic (exact) mass is 636 g/mol. The number of rotatable bonds is 11. The van der Waals surface area contributed by atoms with Crippen molar-refractivity contribution in [2.24, 2.45) is 16.5 Å². The average molecular weight is 637 g/mol. The fourth-order valence-corrected chi connectivity index (χ4v) is 4.15. The number of aromatic hydroxyl groups is 1. The summed E-state index contributed by atoms with van der Waals surface area (Å²) in [6, 6.07) is 12.1. The molecule has 46 heavy (non-hydrogen) atoms. The second kappa shape index (κ2) is 13.3. The molecule has 0 bridgehead atoms. The van der Waals surface area contributed by atoms with Crippen LogP contribution in [0.5, 0.6) is 52.0 Å². The number of carbonyl (C=O) groups is 1. The lowest BCUT2D eigenvalue weighted by molar-refractivity contribution is -0.255. The number of aliphatic imine (C=N–C) groups is 1. The third-order valence-corrected chi connectivity index (χ3v) is 6.36. The molecule has 5 rings (SSSR count). The number of aromatic nitrogens is 1. The average Bonchev–Trinajstić information content (AvgIpc) is 3.55. The number of anilines is 1. The number of aromatic carboxylic acids is 1. The number of guanidine groups is 1. The van der Waals surface area contributed by atoms with E-state index in [-0.39, 0.29) is 40.3 Å². The Hall–Kier alpha value is -6.00. The van der Waals surface area contributed by atoms with Crippen LogP contribution in [0.2, 0.25) is 0 Å². The topological polar surface area (TPSA) is 208 Å². The smallest absolute Gasteiger partial charge is 0.264 e. The van der Waals surface area contributed by atoms with Gasteiger partial charge in [-0.3, -0.25) is 4.99 Å². The maximum atomic E-state index is 16.1. The molecule has 0 radical (unpaired) electrons. The molecule has 238 valence electrons. The summed E-state index contributed by atoms with van der Waals surface area (Å²) in [6.07, 6.45) is -0.128. The number of ether oxygens (including phenoxy) is 5. The van der Waals surface area contributed by atoms with E-state index in [1.165, 1.54) is 44.6 Å². The van der Waals surface area contributed by atoms with Crippen molar-refractivity contribution in [3.63, 3.8) is 0 Å². The van der Waals surface area contributed by atoms with Gasteiger partial charge in [0.2, 0.25) is 28.9 Å². The fraction of sp³-hybridized carbons (Fsp3) is 0.133. The lowest BCUT2D eigenvalue weighted by atomic mass is 10.1. The lowest BCUT2D eigenvalue weighted by Gasteiger charge is -2.18. The minimum absolute atomic E-state index is 0.0716. The van der Waals surface area contributed by atoms with E-state index in [1.807, 2.05) is 0 Å². The molecule has 0 saturated heterocycles. The number of hydrogen-bond acceptors (Lipinski definition) is 14. The van der Waals surface area contributed by atoms with Crippen molar-refractivity contribution < 1.29 is 47.5 Å². The summed E-state index contributed by atoms with van der Waals surface area (Å²) < 4.78 is 59.4. The van der Waals surface area contributed by atoms with Gasteiger partial charge in [0.1, 0.15) is 5.75 Å². The van der Waals surface area contributed by atoms with E-state index in [0.717, 1.165) is 12.1 Å². The number of phenols is 1. The van der Waals surface area contributed by atoms with Gasteiger partial charge in [-0.25, -0.2) is 11.5 Å². The van der Waals surface area contributed by atoms with Crippen molar-refractivity contribution in [2.45, 2.75) is 0 Å². The van der Waals surface area contributed by atoms with E-state index < -0.39 is 46.6 Å². The van der Waals surface area contributed by atoms with Crippen LogP contribution in [0, 0.1) is 17.8 Å². The van der Waals surface area contributed by atoms with Gasteiger partial charge < -0.3 is 49.3 Å². The first kappa shape index (κ1) is 31.4. The summed E-state index contributed by atoms with van der Waals surface area (Å²) in [4.78, 5) is 19.6. The maximum Gasteiger partial charge on any atom is 0.264 e. The molecule has 0 amide bonds. The number of nitrogens with two attached hydrogens (primary N) is 2. The summed E-state index contributed by atoms with van der Waals surface area (Å²) in [7, 11) is 2.35. The molecule has 14 nitrogen and oxygen atoms in total. The van der Waals surface area contributed by atoms with E-state index >= 15 is 8.78 Å². The van der Waals surface area contributed by atoms with Crippen LogP contribution >= 0.6 is 0 Å². The maximum absolute atomic E-state index is 16.1. The van der Waals surface area contributed by atoms with Crippen LogP contribution in [0.25, 0.3) is 0 Å². The number of carboxylic acids is 1. The Morgan fingerprint density at radius 3 is 2.26 bits per heavy atom. The third-order valence-electron chi connectivity index (χ3n) is 6.36. The molecule has 0 atom stereocenters. The van der Waals surface area contributed by atoms with Gasteiger partial charge in [0, 0.05) is 29.9 Å². The minimum Gasteiger partial charge on any atom is -0.545 e. The summed E-state index contributed by atoms with van der Waals surface area (Å²) in [5.74, 6) is -8.39. The molecule has 7 N–H and O–H groups in total. The zero-order valence-corrected chi connectivity index (χ0v) is 24.2. The lowest BCUT2D eigenvalue weighted by Crippen LogP contribution is -2.26. The molecule has 1 aliphatic rings. The largest absolute Gasteiger partial charge is 0.545 e. The Morgan fingerprint density at radius 1 is 0.957 bits per heavy atom. The predicted molar refractivity (Wildman–Crippen MR) is 157 cm³/mol. The van der Waals surface area contributed by atoms with Crippen LogP contribution < -0.4 is 50.9 Å². The zero-order chi connectivity index (χ0) is 33.0. The number of nitrogens with zero attached hydrogens (tertiary/aromatic N) is 2. The highest BCUT2D eigenvalue weighted by Gasteiger charge is 2.29. The summed E-state index contributed by atoms with van der Waals surface area (Å²) in [5, 5.41) is 28.0. The summed E-state index contributed by atoms with van der Waals surface area (Å²) >= 11 is 0. The molecule has 1 aliphatic heterocycles. The highest BCUT2D eigenvalue weighted by molar-refractivity contribution is 5.94. The van der Waals surface area contributed by atoms with Crippen LogP contribution in [0.4, 0.5) is 14.5 Å². The number of carbonyl (C=O) groups excluding carboxylic acids is 1. The third kappa shape index (κ3) is 6.72. The fourth-order valence-electron chi connectivity index (χ4n) is 4.15. The van der Waals surface area contributed by atoms with Crippen molar-refractivity contribution in [1.82, 2.24) is 10.3 Å². The number of halogens is 2. The quantitative estimate of drug-likeness (QED) is 0.150. The van der Waals surface area contributed by atoms with Gasteiger partial charge in [0.25, 0.3) is 11.8 Å². The second-order valence-corrected chi connectivity index (χ2v) is 9.43. The molecule has 0 unspecified atom stereocenters. The van der Waals surface area contributed by atoms with Gasteiger partial charge in [-0.05, 0) is 24.3 Å². The van der Waals surface area contributed by atoms with Gasteiger partial charge >= 0.3 is 0 Å². The normalized spacial score (nSPS) is 12.1. The zero-order valence-electron chi connectivity index (χ0n) is 24.2. The van der Waals surface area contributed by atoms with E-state index in [4.69, 9.17) is 35.2 Å². The molecule has 4 aromatic rings. The Morgan fingerprint density at radius 2 is 1.65 bits per heavy atom. The number of benzene rings is 3. The van der Waals surface area contributed by atoms with Gasteiger partial charge in [-0.1, -0.05) is 6.07 Å². The highest BCUT2D eigenvalue weighted by Crippen LogP contribution is 2.46. The van der Waals surface area contributed by atoms with Crippen LogP contribution in [0.15, 0.2) is 59.6 Å². The van der Waals surface area contributed by atoms with E-state index in [1.54, 1.807) is 12.1 Å². The van der Waals surface area contributed by atoms with Crippen LogP contribution in [0.1, 0.15) is 15.9 Å². The summed E-state index contributed by atoms with van der Waals surface area (Å²) in [6.45, 7) is 1.25. The van der Waals surface area contributed by atoms with Crippen LogP contribution in [-0.2, 0) is 0 Å². The first-order chi connectivity index (χ1) is 22.1. The number of hydrogen-bond donors (Lipinski definition) is 5. The van der Waals surface area contributed by atoms with E-state index in [2.05, 4.69) is 20.6 Å². The molecule has 0 spiro atoms. The SMILES string of the molecule is COc1cc(C(=O)[O-])cc(OC)c1Oc1c(F)c(Oc2cccc(NC3=NCCN3)c2)nc(Oc2cc([C+](N)N)ccc2O)c1F. The minimum atomic E-state index is -1.57. The molecule has 0 fully saturated rings. The predicted octanol–water partition coefficient (Wildman–Crippen LogP) is 2.95. The van der Waals surface area contributed by atoms with Crippen molar-refractivity contribution >= 4 is 17.6 Å². The number of phenolic OH excluding ortho intramolecular Hbond substituents is 1. The molecule has 0 aliphatic carbocycles. The van der Waals surface area contributed by atoms with E-state index in [9.17, 15) is 15.0 Å². The number of methoxy groups -OCH3 is 2. The highest BCUT2D eigenvalue weighted by atomic mass is 19.1. The number of carboxylic acid groups (broad SMARTS) is 1. The van der Waals surface area contributed by atoms with Gasteiger partial charge in [-0.15, -0.1) is 0 Å². The molecule has 16 heteroatoms. The van der Waals surface area contributed by atoms with Crippen LogP contribution in [0.3, 0.4) is 0 Å². The van der Waals surface area contributed by atoms with Crippen molar-refractivity contribution in [2.75, 3.05) is 32.6 Å². The van der Waals surface area contributed by atoms with Gasteiger partial charge in [0.15, 0.2) is 34.9 Å². The standard InChI is InChI=1S/C30H26F2N6O8/c1-42-20-11-15(29(40)41)12-21(43-2)24(20)46-25-22(31)27(44-17-5-3-4-16(13-17)37-30-35-8-9-36-30)38-28(23(25)32)45-19-10-14(26(33)34)6-7-18(19)39/h3-7,10-13,39H,8-9H2,1-2H3,(H3,33,34)(H,40,41)(H2,35,36,37). The second-order valence-electron chi connectivity index (χ2n) is 9.43. The first-order valence-electron chi connectivity index (χ1n) is 13.3. The summed E-state index contributed by atoms with van der Waals surface area (Å²) in [5.41, 5.74) is 11.7. The molecule has 1 aromatic heterocycles. The number of nitrogens with one attached hydrogen (secondary N) is 2. The Kier molecular flexibility index (Phi) is 9.11. The molecule has 3 aromatic carbocycles. The molecular weight excluding hydrogens is 610 g/mol.